The molecule has 0 amide bonds. The lowest BCUT2D eigenvalue weighted by Gasteiger charge is -2.11. The molecule has 1 aromatic carbocycles. The molecule has 0 atom stereocenters. The van der Waals surface area contributed by atoms with Gasteiger partial charge in [-0.15, -0.1) is 0 Å². The number of hydrogen-bond donors (Lipinski definition) is 1. The van der Waals surface area contributed by atoms with Crippen molar-refractivity contribution in [3.05, 3.63) is 48.2 Å². The van der Waals surface area contributed by atoms with Crippen LogP contribution in [-0.4, -0.2) is 19.6 Å². The Balaban J connectivity index is 2.43. The van der Waals surface area contributed by atoms with Gasteiger partial charge in [-0.1, -0.05) is 12.1 Å². The van der Waals surface area contributed by atoms with Crippen LogP contribution in [0.3, 0.4) is 0 Å². The Kier molecular flexibility index (Phi) is 2.30. The number of benzene rings is 1. The first-order valence-corrected chi connectivity index (χ1v) is 5.76. The number of fused-ring (bicyclic) bond motifs is 1. The fraction of sp³-hybridized carbons (Fsp3) is 0.143. The number of phenols is 1. The third-order valence-electron chi connectivity index (χ3n) is 3.01. The Morgan fingerprint density at radius 3 is 2.78 bits per heavy atom. The van der Waals surface area contributed by atoms with E-state index in [2.05, 4.69) is 9.97 Å². The summed E-state index contributed by atoms with van der Waals surface area (Å²) >= 11 is 0. The Bertz CT molecular complexity index is 731. The second-order valence-corrected chi connectivity index (χ2v) is 4.30. The highest BCUT2D eigenvalue weighted by Crippen LogP contribution is 2.28. The van der Waals surface area contributed by atoms with Crippen molar-refractivity contribution in [2.45, 2.75) is 13.8 Å². The van der Waals surface area contributed by atoms with Gasteiger partial charge >= 0.3 is 0 Å². The molecule has 90 valence electrons. The zero-order valence-corrected chi connectivity index (χ0v) is 10.3. The summed E-state index contributed by atoms with van der Waals surface area (Å²) in [5.41, 5.74) is 2.48. The van der Waals surface area contributed by atoms with E-state index in [9.17, 15) is 5.11 Å². The number of aromatic nitrogens is 3. The second-order valence-electron chi connectivity index (χ2n) is 4.30. The average Bonchev–Trinajstić information content (AvgIpc) is 2.76. The van der Waals surface area contributed by atoms with Crippen LogP contribution >= 0.6 is 0 Å². The van der Waals surface area contributed by atoms with E-state index < -0.39 is 0 Å². The summed E-state index contributed by atoms with van der Waals surface area (Å²) in [6.45, 7) is 3.87. The van der Waals surface area contributed by atoms with Crippen LogP contribution in [0.1, 0.15) is 11.5 Å². The van der Waals surface area contributed by atoms with Crippen molar-refractivity contribution in [3.63, 3.8) is 0 Å². The molecule has 1 N–H and O–H groups in total. The predicted molar refractivity (Wildman–Crippen MR) is 70.0 cm³/mol. The highest BCUT2D eigenvalue weighted by atomic mass is 16.3. The summed E-state index contributed by atoms with van der Waals surface area (Å²) in [5.74, 6) is 1.11. The zero-order chi connectivity index (χ0) is 12.7. The zero-order valence-electron chi connectivity index (χ0n) is 10.3. The average molecular weight is 239 g/mol. The summed E-state index contributed by atoms with van der Waals surface area (Å²) < 4.78 is 2.00. The van der Waals surface area contributed by atoms with Crippen molar-refractivity contribution in [3.8, 4) is 11.4 Å². The van der Waals surface area contributed by atoms with E-state index in [4.69, 9.17) is 0 Å². The quantitative estimate of drug-likeness (QED) is 0.710. The van der Waals surface area contributed by atoms with E-state index in [1.54, 1.807) is 12.3 Å². The number of phenolic OH excluding ortho intramolecular Hbond substituents is 1. The number of pyridine rings is 1. The molecule has 3 aromatic rings. The Hall–Kier alpha value is -2.36. The Morgan fingerprint density at radius 1 is 1.22 bits per heavy atom. The Labute approximate surface area is 105 Å². The van der Waals surface area contributed by atoms with E-state index >= 15 is 0 Å². The molecule has 2 aromatic heterocycles. The van der Waals surface area contributed by atoms with Gasteiger partial charge < -0.3 is 9.67 Å². The molecule has 4 nitrogen and oxygen atoms in total. The summed E-state index contributed by atoms with van der Waals surface area (Å²) in [6, 6.07) is 7.43. The number of aryl methyl sites for hydroxylation is 2. The topological polar surface area (TPSA) is 50.9 Å². The standard InChI is InChI=1S/C14H13N3O/c1-9-8-12(17-7-6-15-10(17)2)11-4-3-5-13(18)14(11)16-9/h3-8,18H,1-2H3. The first kappa shape index (κ1) is 10.8. The van der Waals surface area contributed by atoms with Crippen molar-refractivity contribution in [2.75, 3.05) is 0 Å². The lowest BCUT2D eigenvalue weighted by atomic mass is 10.1. The fourth-order valence-electron chi connectivity index (χ4n) is 2.17. The van der Waals surface area contributed by atoms with E-state index in [1.165, 1.54) is 0 Å². The molecule has 0 saturated carbocycles. The van der Waals surface area contributed by atoms with Gasteiger partial charge in [-0.3, -0.25) is 0 Å². The van der Waals surface area contributed by atoms with Crippen molar-refractivity contribution < 1.29 is 5.11 Å². The number of aromatic hydroxyl groups is 1. The summed E-state index contributed by atoms with van der Waals surface area (Å²) in [4.78, 5) is 8.62. The predicted octanol–water partition coefficient (Wildman–Crippen LogP) is 2.74. The Morgan fingerprint density at radius 2 is 2.06 bits per heavy atom. The third-order valence-corrected chi connectivity index (χ3v) is 3.01. The summed E-state index contributed by atoms with van der Waals surface area (Å²) in [7, 11) is 0. The maximum Gasteiger partial charge on any atom is 0.141 e. The van der Waals surface area contributed by atoms with E-state index in [-0.39, 0.29) is 5.75 Å². The normalized spacial score (nSPS) is 11.0. The molecule has 4 heteroatoms. The lowest BCUT2D eigenvalue weighted by Crippen LogP contribution is -1.99. The van der Waals surface area contributed by atoms with Gasteiger partial charge in [0.05, 0.1) is 5.69 Å². The van der Waals surface area contributed by atoms with Crippen LogP contribution in [0.25, 0.3) is 16.6 Å². The molecule has 0 aliphatic carbocycles. The van der Waals surface area contributed by atoms with Crippen molar-refractivity contribution >= 4 is 10.9 Å². The monoisotopic (exact) mass is 239 g/mol. The molecule has 0 aliphatic rings. The highest BCUT2D eigenvalue weighted by molar-refractivity contribution is 5.91. The largest absolute Gasteiger partial charge is 0.506 e. The van der Waals surface area contributed by atoms with Crippen LogP contribution in [0.15, 0.2) is 36.7 Å². The van der Waals surface area contributed by atoms with E-state index in [0.29, 0.717) is 5.52 Å². The van der Waals surface area contributed by atoms with Crippen LogP contribution in [0, 0.1) is 13.8 Å². The minimum atomic E-state index is 0.204. The van der Waals surface area contributed by atoms with E-state index in [1.807, 2.05) is 42.8 Å². The molecular weight excluding hydrogens is 226 g/mol. The van der Waals surface area contributed by atoms with E-state index in [0.717, 1.165) is 22.6 Å². The smallest absolute Gasteiger partial charge is 0.141 e. The molecule has 0 radical (unpaired) electrons. The number of rotatable bonds is 1. The number of para-hydroxylation sites is 1. The third kappa shape index (κ3) is 1.54. The summed E-state index contributed by atoms with van der Waals surface area (Å²) in [5, 5.41) is 10.8. The van der Waals surface area contributed by atoms with Crippen molar-refractivity contribution in [2.24, 2.45) is 0 Å². The molecule has 18 heavy (non-hydrogen) atoms. The number of imidazole rings is 1. The van der Waals surface area contributed by atoms with Crippen molar-refractivity contribution in [1.82, 2.24) is 14.5 Å². The van der Waals surface area contributed by atoms with Gasteiger partial charge in [0.15, 0.2) is 0 Å². The molecule has 0 bridgehead atoms. The summed E-state index contributed by atoms with van der Waals surface area (Å²) in [6.07, 6.45) is 3.67. The molecule has 0 fully saturated rings. The fourth-order valence-corrected chi connectivity index (χ4v) is 2.17. The van der Waals surface area contributed by atoms with Crippen LogP contribution in [-0.2, 0) is 0 Å². The van der Waals surface area contributed by atoms with Gasteiger partial charge in [0.1, 0.15) is 17.1 Å². The van der Waals surface area contributed by atoms with Crippen LogP contribution in [0.2, 0.25) is 0 Å². The first-order valence-electron chi connectivity index (χ1n) is 5.76. The molecular formula is C14H13N3O. The molecule has 0 unspecified atom stereocenters. The maximum absolute atomic E-state index is 9.90. The first-order chi connectivity index (χ1) is 8.66. The van der Waals surface area contributed by atoms with Gasteiger partial charge in [0, 0.05) is 23.5 Å². The molecule has 2 heterocycles. The number of hydrogen-bond acceptors (Lipinski definition) is 3. The van der Waals surface area contributed by atoms with Crippen LogP contribution in [0.4, 0.5) is 0 Å². The maximum atomic E-state index is 9.90. The molecule has 0 aliphatic heterocycles. The molecule has 3 rings (SSSR count). The van der Waals surface area contributed by atoms with Gasteiger partial charge in [-0.2, -0.15) is 0 Å². The minimum Gasteiger partial charge on any atom is -0.506 e. The minimum absolute atomic E-state index is 0.204. The number of nitrogens with zero attached hydrogens (tertiary/aromatic N) is 3. The van der Waals surface area contributed by atoms with Crippen molar-refractivity contribution in [1.29, 1.82) is 0 Å². The lowest BCUT2D eigenvalue weighted by molar-refractivity contribution is 0.480. The van der Waals surface area contributed by atoms with Gasteiger partial charge in [0.2, 0.25) is 0 Å². The van der Waals surface area contributed by atoms with Crippen LogP contribution in [0.5, 0.6) is 5.75 Å². The SMILES string of the molecule is Cc1cc(-n2ccnc2C)c2cccc(O)c2n1. The highest BCUT2D eigenvalue weighted by Gasteiger charge is 2.10. The van der Waals surface area contributed by atoms with Gasteiger partial charge in [-0.05, 0) is 26.0 Å². The van der Waals surface area contributed by atoms with Gasteiger partial charge in [-0.25, -0.2) is 9.97 Å². The molecule has 0 saturated heterocycles. The van der Waals surface area contributed by atoms with Crippen LogP contribution < -0.4 is 0 Å². The molecule has 0 spiro atoms. The second kappa shape index (κ2) is 3.84. The van der Waals surface area contributed by atoms with Gasteiger partial charge in [0.25, 0.3) is 0 Å².